The maximum Gasteiger partial charge on any atom is 0.323 e. The lowest BCUT2D eigenvalue weighted by molar-refractivity contribution is -0.144. The highest BCUT2D eigenvalue weighted by atomic mass is 32.2. The minimum absolute atomic E-state index is 0.650. The maximum atomic E-state index is 11.2. The topological polar surface area (TPSA) is 49.3 Å². The lowest BCUT2D eigenvalue weighted by atomic mass is 9.96. The second kappa shape index (κ2) is 7.56. The van der Waals surface area contributed by atoms with Gasteiger partial charge in [-0.1, -0.05) is 31.0 Å². The van der Waals surface area contributed by atoms with E-state index in [1.807, 2.05) is 6.92 Å². The molecular weight excluding hydrogens is 258 g/mol. The molecule has 0 spiro atoms. The standard InChI is InChI=1S/C15H23NO2S/c1-4-9-15(3,14(17)18)16-10-11-19-13-7-5-12(2)6-8-13/h5-8,16H,4,9-11H2,1-3H3,(H,17,18). The third-order valence-corrected chi connectivity index (χ3v) is 4.14. The van der Waals surface area contributed by atoms with Gasteiger partial charge in [0.1, 0.15) is 5.54 Å². The zero-order valence-electron chi connectivity index (χ0n) is 11.9. The van der Waals surface area contributed by atoms with Gasteiger partial charge >= 0.3 is 5.97 Å². The first kappa shape index (κ1) is 16.1. The number of carboxylic acid groups (broad SMARTS) is 1. The Balaban J connectivity index is 2.36. The normalized spacial score (nSPS) is 14.1. The van der Waals surface area contributed by atoms with E-state index in [-0.39, 0.29) is 0 Å². The lowest BCUT2D eigenvalue weighted by Gasteiger charge is -2.25. The van der Waals surface area contributed by atoms with Crippen LogP contribution in [0.2, 0.25) is 0 Å². The summed E-state index contributed by atoms with van der Waals surface area (Å²) in [6.45, 7) is 6.53. The van der Waals surface area contributed by atoms with Crippen LogP contribution in [-0.4, -0.2) is 28.9 Å². The lowest BCUT2D eigenvalue weighted by Crippen LogP contribution is -2.50. The Hall–Kier alpha value is -1.00. The number of hydrogen-bond donors (Lipinski definition) is 2. The van der Waals surface area contributed by atoms with Crippen molar-refractivity contribution in [3.05, 3.63) is 29.8 Å². The van der Waals surface area contributed by atoms with Gasteiger partial charge in [0.15, 0.2) is 0 Å². The fraction of sp³-hybridized carbons (Fsp3) is 0.533. The van der Waals surface area contributed by atoms with Gasteiger partial charge in [-0.2, -0.15) is 0 Å². The Labute approximate surface area is 119 Å². The summed E-state index contributed by atoms with van der Waals surface area (Å²) < 4.78 is 0. The van der Waals surface area contributed by atoms with Crippen molar-refractivity contribution >= 4 is 17.7 Å². The fourth-order valence-corrected chi connectivity index (χ4v) is 2.67. The van der Waals surface area contributed by atoms with Gasteiger partial charge in [0.05, 0.1) is 0 Å². The minimum atomic E-state index is -0.803. The van der Waals surface area contributed by atoms with E-state index in [4.69, 9.17) is 0 Å². The monoisotopic (exact) mass is 281 g/mol. The van der Waals surface area contributed by atoms with Gasteiger partial charge in [-0.25, -0.2) is 0 Å². The van der Waals surface area contributed by atoms with Gasteiger partial charge in [-0.3, -0.25) is 4.79 Å². The van der Waals surface area contributed by atoms with Gasteiger partial charge in [-0.05, 0) is 32.4 Å². The molecule has 3 nitrogen and oxygen atoms in total. The van der Waals surface area contributed by atoms with Gasteiger partial charge in [0.2, 0.25) is 0 Å². The molecule has 106 valence electrons. The summed E-state index contributed by atoms with van der Waals surface area (Å²) in [5.41, 5.74) is 0.451. The molecule has 0 bridgehead atoms. The summed E-state index contributed by atoms with van der Waals surface area (Å²) in [6.07, 6.45) is 1.51. The zero-order chi connectivity index (χ0) is 14.3. The van der Waals surface area contributed by atoms with E-state index in [2.05, 4.69) is 36.5 Å². The van der Waals surface area contributed by atoms with E-state index < -0.39 is 11.5 Å². The molecule has 4 heteroatoms. The van der Waals surface area contributed by atoms with Crippen LogP contribution in [0.15, 0.2) is 29.2 Å². The van der Waals surface area contributed by atoms with Gasteiger partial charge < -0.3 is 10.4 Å². The molecule has 0 fully saturated rings. The molecule has 2 N–H and O–H groups in total. The molecule has 0 radical (unpaired) electrons. The number of hydrogen-bond acceptors (Lipinski definition) is 3. The van der Waals surface area contributed by atoms with Gasteiger partial charge in [0, 0.05) is 17.2 Å². The third kappa shape index (κ3) is 5.25. The Kier molecular flexibility index (Phi) is 6.38. The number of aryl methyl sites for hydroxylation is 1. The summed E-state index contributed by atoms with van der Waals surface area (Å²) in [5, 5.41) is 12.4. The largest absolute Gasteiger partial charge is 0.480 e. The molecule has 0 aromatic heterocycles. The first-order chi connectivity index (χ1) is 8.98. The predicted molar refractivity (Wildman–Crippen MR) is 80.9 cm³/mol. The molecule has 1 atom stereocenters. The zero-order valence-corrected chi connectivity index (χ0v) is 12.7. The number of carboxylic acids is 1. The van der Waals surface area contributed by atoms with Crippen LogP contribution < -0.4 is 5.32 Å². The quantitative estimate of drug-likeness (QED) is 0.567. The number of benzene rings is 1. The van der Waals surface area contributed by atoms with E-state index >= 15 is 0 Å². The number of thioether (sulfide) groups is 1. The van der Waals surface area contributed by atoms with E-state index in [1.165, 1.54) is 10.5 Å². The van der Waals surface area contributed by atoms with Crippen LogP contribution in [0.5, 0.6) is 0 Å². The molecule has 0 saturated heterocycles. The van der Waals surface area contributed by atoms with Crippen molar-refractivity contribution < 1.29 is 9.90 Å². The molecule has 1 aromatic rings. The van der Waals surface area contributed by atoms with Crippen molar-refractivity contribution in [2.75, 3.05) is 12.3 Å². The first-order valence-corrected chi connectivity index (χ1v) is 7.64. The third-order valence-electron chi connectivity index (χ3n) is 3.13. The Morgan fingerprint density at radius 1 is 1.37 bits per heavy atom. The van der Waals surface area contributed by atoms with Gasteiger partial charge in [-0.15, -0.1) is 11.8 Å². The Bertz CT molecular complexity index is 405. The van der Waals surface area contributed by atoms with Crippen LogP contribution in [0, 0.1) is 6.92 Å². The van der Waals surface area contributed by atoms with Crippen molar-refractivity contribution in [1.82, 2.24) is 5.32 Å². The summed E-state index contributed by atoms with van der Waals surface area (Å²) in [7, 11) is 0. The second-order valence-corrected chi connectivity index (χ2v) is 6.14. The van der Waals surface area contributed by atoms with Crippen LogP contribution in [0.4, 0.5) is 0 Å². The van der Waals surface area contributed by atoms with Crippen LogP contribution in [0.1, 0.15) is 32.3 Å². The molecule has 19 heavy (non-hydrogen) atoms. The van der Waals surface area contributed by atoms with Crippen LogP contribution in [-0.2, 0) is 4.79 Å². The van der Waals surface area contributed by atoms with E-state index in [9.17, 15) is 9.90 Å². The average molecular weight is 281 g/mol. The SMILES string of the molecule is CCCC(C)(NCCSc1ccc(C)cc1)C(=O)O. The molecule has 0 heterocycles. The number of carbonyl (C=O) groups is 1. The summed E-state index contributed by atoms with van der Waals surface area (Å²) >= 11 is 1.74. The molecular formula is C15H23NO2S. The number of nitrogens with one attached hydrogen (secondary N) is 1. The minimum Gasteiger partial charge on any atom is -0.480 e. The highest BCUT2D eigenvalue weighted by Crippen LogP contribution is 2.18. The van der Waals surface area contributed by atoms with Gasteiger partial charge in [0.25, 0.3) is 0 Å². The molecule has 0 aliphatic carbocycles. The highest BCUT2D eigenvalue weighted by Gasteiger charge is 2.30. The number of rotatable bonds is 8. The highest BCUT2D eigenvalue weighted by molar-refractivity contribution is 7.99. The van der Waals surface area contributed by atoms with Crippen LogP contribution in [0.25, 0.3) is 0 Å². The molecule has 1 unspecified atom stereocenters. The first-order valence-electron chi connectivity index (χ1n) is 6.66. The molecule has 0 saturated carbocycles. The van der Waals surface area contributed by atoms with Crippen molar-refractivity contribution in [3.63, 3.8) is 0 Å². The molecule has 0 aliphatic heterocycles. The fourth-order valence-electron chi connectivity index (χ4n) is 1.90. The summed E-state index contributed by atoms with van der Waals surface area (Å²) in [5.74, 6) is 0.102. The van der Waals surface area contributed by atoms with E-state index in [0.29, 0.717) is 13.0 Å². The summed E-state index contributed by atoms with van der Waals surface area (Å²) in [4.78, 5) is 12.5. The number of aliphatic carboxylic acids is 1. The Morgan fingerprint density at radius 3 is 2.53 bits per heavy atom. The maximum absolute atomic E-state index is 11.2. The van der Waals surface area contributed by atoms with Crippen molar-refractivity contribution in [3.8, 4) is 0 Å². The van der Waals surface area contributed by atoms with Crippen LogP contribution in [0.3, 0.4) is 0 Å². The van der Waals surface area contributed by atoms with E-state index in [1.54, 1.807) is 18.7 Å². The second-order valence-electron chi connectivity index (χ2n) is 4.98. The Morgan fingerprint density at radius 2 is 2.00 bits per heavy atom. The molecule has 0 amide bonds. The average Bonchev–Trinajstić information content (AvgIpc) is 2.37. The summed E-state index contributed by atoms with van der Waals surface area (Å²) in [6, 6.07) is 8.38. The van der Waals surface area contributed by atoms with E-state index in [0.717, 1.165) is 12.2 Å². The van der Waals surface area contributed by atoms with Crippen LogP contribution >= 0.6 is 11.8 Å². The van der Waals surface area contributed by atoms with Crippen molar-refractivity contribution in [1.29, 1.82) is 0 Å². The molecule has 0 aliphatic rings. The predicted octanol–water partition coefficient (Wildman–Crippen LogP) is 3.32. The molecule has 1 rings (SSSR count). The van der Waals surface area contributed by atoms with Crippen molar-refractivity contribution in [2.45, 2.75) is 44.0 Å². The molecule has 1 aromatic carbocycles. The van der Waals surface area contributed by atoms with Crippen molar-refractivity contribution in [2.24, 2.45) is 0 Å². The smallest absolute Gasteiger partial charge is 0.323 e.